The first-order valence-corrected chi connectivity index (χ1v) is 24.8. The number of hydrogen-bond donors (Lipinski definition) is 5. The van der Waals surface area contributed by atoms with E-state index in [1.807, 2.05) is 43.3 Å². The molecule has 7 atom stereocenters. The Hall–Kier alpha value is -2.32. The standard InChI is InChI=1S/C47H79N3O8S/c1-4-5-6-15-21-36(51)22-18-27-41(53)43-31-33-45(58-43)44-32-30-42(57-44)40(52)26-16-13-11-9-7-8-10-12-14-17-29-47(54)48-34-35-49-59(55,56)46-28-20-23-37-38(46)24-19-25-39(37)50(2)3/h19-20,23-25,28,36,40-45,49,51-53H,4-18,21-22,26-27,29-35H2,1-3H3,(H,48,54)/t36-,40-,41+,42-,43-,44?,45?/m1/s1. The zero-order valence-electron chi connectivity index (χ0n) is 36.6. The van der Waals surface area contributed by atoms with Gasteiger partial charge in [-0.25, -0.2) is 13.1 Å². The Bertz CT molecular complexity index is 1590. The number of anilines is 1. The Balaban J connectivity index is 0.938. The molecule has 0 radical (unpaired) electrons. The molecule has 0 spiro atoms. The Labute approximate surface area is 356 Å². The summed E-state index contributed by atoms with van der Waals surface area (Å²) in [5, 5.41) is 36.2. The normalized spacial score (nSPS) is 21.2. The third kappa shape index (κ3) is 17.2. The summed E-state index contributed by atoms with van der Waals surface area (Å²) in [6.45, 7) is 2.57. The van der Waals surface area contributed by atoms with E-state index in [-0.39, 0.29) is 54.4 Å². The number of hydrogen-bond acceptors (Lipinski definition) is 9. The van der Waals surface area contributed by atoms with Crippen molar-refractivity contribution in [2.75, 3.05) is 32.1 Å². The van der Waals surface area contributed by atoms with Crippen LogP contribution in [0.5, 0.6) is 0 Å². The first kappa shape index (κ1) is 49.3. The van der Waals surface area contributed by atoms with Gasteiger partial charge in [0.2, 0.25) is 15.9 Å². The summed E-state index contributed by atoms with van der Waals surface area (Å²) in [5.74, 6) is -0.0469. The molecule has 0 aliphatic carbocycles. The van der Waals surface area contributed by atoms with Crippen molar-refractivity contribution in [3.63, 3.8) is 0 Å². The molecular weight excluding hydrogens is 767 g/mol. The number of aliphatic hydroxyl groups is 3. The average Bonchev–Trinajstić information content (AvgIpc) is 3.92. The number of unbranched alkanes of at least 4 members (excludes halogenated alkanes) is 12. The largest absolute Gasteiger partial charge is 0.393 e. The topological polar surface area (TPSA) is 158 Å². The molecule has 2 aliphatic rings. The first-order chi connectivity index (χ1) is 28.5. The molecule has 2 aliphatic heterocycles. The summed E-state index contributed by atoms with van der Waals surface area (Å²) in [6.07, 6.45) is 21.9. The highest BCUT2D eigenvalue weighted by Crippen LogP contribution is 2.35. The maximum Gasteiger partial charge on any atom is 0.241 e. The van der Waals surface area contributed by atoms with Crippen LogP contribution < -0.4 is 14.9 Å². The molecule has 4 rings (SSSR count). The van der Waals surface area contributed by atoms with Gasteiger partial charge in [0.1, 0.15) is 0 Å². The summed E-state index contributed by atoms with van der Waals surface area (Å²) < 4.78 is 41.4. The number of sulfonamides is 1. The van der Waals surface area contributed by atoms with E-state index in [0.29, 0.717) is 18.2 Å². The van der Waals surface area contributed by atoms with E-state index < -0.39 is 22.2 Å². The number of aliphatic hydroxyl groups excluding tert-OH is 3. The van der Waals surface area contributed by atoms with Crippen molar-refractivity contribution in [1.82, 2.24) is 10.0 Å². The zero-order valence-corrected chi connectivity index (χ0v) is 37.4. The van der Waals surface area contributed by atoms with E-state index in [2.05, 4.69) is 17.0 Å². The Morgan fingerprint density at radius 2 is 1.20 bits per heavy atom. The van der Waals surface area contributed by atoms with Crippen LogP contribution in [0.3, 0.4) is 0 Å². The highest BCUT2D eigenvalue weighted by atomic mass is 32.2. The molecule has 2 fully saturated rings. The summed E-state index contributed by atoms with van der Waals surface area (Å²) in [6, 6.07) is 10.9. The van der Waals surface area contributed by atoms with Gasteiger partial charge in [0.25, 0.3) is 0 Å². The van der Waals surface area contributed by atoms with Gasteiger partial charge < -0.3 is 35.0 Å². The third-order valence-electron chi connectivity index (χ3n) is 12.4. The number of amides is 1. The molecule has 5 N–H and O–H groups in total. The highest BCUT2D eigenvalue weighted by molar-refractivity contribution is 7.89. The second-order valence-corrected chi connectivity index (χ2v) is 19.2. The predicted molar refractivity (Wildman–Crippen MR) is 238 cm³/mol. The van der Waals surface area contributed by atoms with E-state index in [0.717, 1.165) is 101 Å². The van der Waals surface area contributed by atoms with Crippen LogP contribution in [0.15, 0.2) is 41.3 Å². The highest BCUT2D eigenvalue weighted by Gasteiger charge is 2.40. The minimum atomic E-state index is -3.73. The van der Waals surface area contributed by atoms with Crippen LogP contribution in [0.25, 0.3) is 10.8 Å². The fourth-order valence-corrected chi connectivity index (χ4v) is 10.1. The summed E-state index contributed by atoms with van der Waals surface area (Å²) >= 11 is 0. The monoisotopic (exact) mass is 846 g/mol. The predicted octanol–water partition coefficient (Wildman–Crippen LogP) is 8.30. The molecule has 59 heavy (non-hydrogen) atoms. The molecule has 11 nitrogen and oxygen atoms in total. The van der Waals surface area contributed by atoms with Gasteiger partial charge >= 0.3 is 0 Å². The molecule has 2 heterocycles. The van der Waals surface area contributed by atoms with E-state index >= 15 is 0 Å². The van der Waals surface area contributed by atoms with Crippen LogP contribution in [-0.2, 0) is 24.3 Å². The lowest BCUT2D eigenvalue weighted by Crippen LogP contribution is -2.34. The number of carbonyl (C=O) groups excluding carboxylic acids is 1. The van der Waals surface area contributed by atoms with Gasteiger partial charge in [-0.15, -0.1) is 0 Å². The van der Waals surface area contributed by atoms with E-state index in [4.69, 9.17) is 9.47 Å². The van der Waals surface area contributed by atoms with Gasteiger partial charge in [-0.3, -0.25) is 4.79 Å². The van der Waals surface area contributed by atoms with Gasteiger partial charge in [0.05, 0.1) is 47.6 Å². The average molecular weight is 846 g/mol. The lowest BCUT2D eigenvalue weighted by molar-refractivity contribution is -0.121. The van der Waals surface area contributed by atoms with Crippen molar-refractivity contribution >= 4 is 32.4 Å². The fourth-order valence-electron chi connectivity index (χ4n) is 8.87. The Morgan fingerprint density at radius 1 is 0.678 bits per heavy atom. The van der Waals surface area contributed by atoms with Gasteiger partial charge in [0, 0.05) is 50.1 Å². The lowest BCUT2D eigenvalue weighted by atomic mass is 9.99. The minimum absolute atomic E-state index is 0.00494. The molecule has 2 unspecified atom stereocenters. The SMILES string of the molecule is CCCCCC[C@@H](O)CCC[C@H](O)[C@H]1CCC(C2CC[C@H]([C@H](O)CCCCCCCCCCCCC(=O)NCCNS(=O)(=O)c3cccc4c(N(C)C)cccc34)O2)O1. The molecular formula is C47H79N3O8S. The van der Waals surface area contributed by atoms with Gasteiger partial charge in [-0.05, 0) is 76.3 Å². The van der Waals surface area contributed by atoms with Crippen LogP contribution >= 0.6 is 0 Å². The molecule has 0 saturated carbocycles. The Kier molecular flexibility index (Phi) is 22.5. The van der Waals surface area contributed by atoms with Crippen molar-refractivity contribution in [3.05, 3.63) is 36.4 Å². The maximum atomic E-state index is 13.1. The van der Waals surface area contributed by atoms with Crippen LogP contribution in [0.1, 0.15) is 161 Å². The molecule has 2 aromatic carbocycles. The maximum absolute atomic E-state index is 13.1. The smallest absolute Gasteiger partial charge is 0.241 e. The molecule has 0 aromatic heterocycles. The molecule has 0 bridgehead atoms. The van der Waals surface area contributed by atoms with Gasteiger partial charge in [-0.2, -0.15) is 0 Å². The number of benzene rings is 2. The van der Waals surface area contributed by atoms with Crippen molar-refractivity contribution in [3.8, 4) is 0 Å². The molecule has 1 amide bonds. The van der Waals surface area contributed by atoms with Crippen molar-refractivity contribution in [2.45, 2.75) is 209 Å². The fraction of sp³-hybridized carbons (Fsp3) is 0.766. The summed E-state index contributed by atoms with van der Waals surface area (Å²) in [5.41, 5.74) is 0.952. The van der Waals surface area contributed by atoms with Gasteiger partial charge in [0.15, 0.2) is 0 Å². The second-order valence-electron chi connectivity index (χ2n) is 17.5. The van der Waals surface area contributed by atoms with E-state index in [9.17, 15) is 28.5 Å². The quantitative estimate of drug-likeness (QED) is 0.0471. The number of ether oxygens (including phenoxy) is 2. The van der Waals surface area contributed by atoms with Crippen molar-refractivity contribution in [1.29, 1.82) is 0 Å². The number of nitrogens with one attached hydrogen (secondary N) is 2. The summed E-state index contributed by atoms with van der Waals surface area (Å²) in [4.78, 5) is 14.5. The van der Waals surface area contributed by atoms with Crippen molar-refractivity contribution < 1.29 is 38.0 Å². The van der Waals surface area contributed by atoms with Crippen LogP contribution in [-0.4, -0.2) is 99.6 Å². The Morgan fingerprint density at radius 3 is 1.83 bits per heavy atom. The number of rotatable bonds is 31. The van der Waals surface area contributed by atoms with Crippen LogP contribution in [0.4, 0.5) is 5.69 Å². The minimum Gasteiger partial charge on any atom is -0.393 e. The van der Waals surface area contributed by atoms with E-state index in [1.54, 1.807) is 12.1 Å². The third-order valence-corrected chi connectivity index (χ3v) is 13.9. The molecule has 2 saturated heterocycles. The number of fused-ring (bicyclic) bond motifs is 1. The zero-order chi connectivity index (χ0) is 42.5. The molecule has 336 valence electrons. The van der Waals surface area contributed by atoms with Crippen LogP contribution in [0, 0.1) is 0 Å². The van der Waals surface area contributed by atoms with Gasteiger partial charge in [-0.1, -0.05) is 115 Å². The van der Waals surface area contributed by atoms with E-state index in [1.165, 1.54) is 51.4 Å². The number of carbonyl (C=O) groups is 1. The molecule has 2 aromatic rings. The molecule has 12 heteroatoms. The first-order valence-electron chi connectivity index (χ1n) is 23.3. The van der Waals surface area contributed by atoms with Crippen molar-refractivity contribution in [2.24, 2.45) is 0 Å². The number of nitrogens with zero attached hydrogens (tertiary/aromatic N) is 1. The van der Waals surface area contributed by atoms with Crippen LogP contribution in [0.2, 0.25) is 0 Å². The second kappa shape index (κ2) is 26.9. The lowest BCUT2D eigenvalue weighted by Gasteiger charge is -2.24. The summed E-state index contributed by atoms with van der Waals surface area (Å²) in [7, 11) is 0.131.